The molecule has 0 spiro atoms. The number of nitrogens with zero attached hydrogens (tertiary/aromatic N) is 1. The maximum absolute atomic E-state index is 11.4. The van der Waals surface area contributed by atoms with Crippen LogP contribution in [0.3, 0.4) is 0 Å². The summed E-state index contributed by atoms with van der Waals surface area (Å²) in [6.07, 6.45) is 1.18. The number of carbonyl (C=O) groups excluding carboxylic acids is 1. The third-order valence-electron chi connectivity index (χ3n) is 3.94. The predicted molar refractivity (Wildman–Crippen MR) is 82.7 cm³/mol. The van der Waals surface area contributed by atoms with Crippen LogP contribution in [0.15, 0.2) is 18.2 Å². The molecule has 1 atom stereocenters. The van der Waals surface area contributed by atoms with Crippen LogP contribution in [0.2, 0.25) is 0 Å². The fourth-order valence-electron chi connectivity index (χ4n) is 2.68. The monoisotopic (exact) mass is 276 g/mol. The second-order valence-electron chi connectivity index (χ2n) is 5.79. The maximum atomic E-state index is 11.4. The van der Waals surface area contributed by atoms with E-state index >= 15 is 0 Å². The molecule has 110 valence electrons. The molecule has 1 fully saturated rings. The lowest BCUT2D eigenvalue weighted by molar-refractivity contribution is 0.100. The maximum Gasteiger partial charge on any atom is 0.250 e. The quantitative estimate of drug-likeness (QED) is 0.712. The van der Waals surface area contributed by atoms with Gasteiger partial charge in [-0.3, -0.25) is 4.79 Å². The number of primary amides is 1. The van der Waals surface area contributed by atoms with Crippen molar-refractivity contribution in [3.05, 3.63) is 23.8 Å². The minimum atomic E-state index is -0.428. The van der Waals surface area contributed by atoms with Crippen molar-refractivity contribution in [2.45, 2.75) is 26.3 Å². The Morgan fingerprint density at radius 2 is 2.25 bits per heavy atom. The molecule has 1 aliphatic heterocycles. The van der Waals surface area contributed by atoms with Gasteiger partial charge in [0.15, 0.2) is 0 Å². The highest BCUT2D eigenvalue weighted by Crippen LogP contribution is 2.22. The van der Waals surface area contributed by atoms with Gasteiger partial charge in [-0.1, -0.05) is 0 Å². The Balaban J connectivity index is 1.98. The minimum Gasteiger partial charge on any atom is -0.399 e. The minimum absolute atomic E-state index is 0.428. The number of anilines is 2. The molecule has 1 amide bonds. The van der Waals surface area contributed by atoms with Crippen molar-refractivity contribution < 1.29 is 4.79 Å². The van der Waals surface area contributed by atoms with Gasteiger partial charge in [-0.05, 0) is 50.9 Å². The number of benzene rings is 1. The molecular weight excluding hydrogens is 252 g/mol. The number of nitrogen functional groups attached to an aromatic ring is 1. The zero-order valence-corrected chi connectivity index (χ0v) is 12.2. The Hall–Kier alpha value is -1.75. The summed E-state index contributed by atoms with van der Waals surface area (Å²) in [6, 6.07) is 5.74. The molecule has 1 aromatic carbocycles. The molecule has 20 heavy (non-hydrogen) atoms. The Bertz CT molecular complexity index is 487. The van der Waals surface area contributed by atoms with E-state index in [0.717, 1.165) is 25.3 Å². The molecule has 1 saturated heterocycles. The van der Waals surface area contributed by atoms with E-state index < -0.39 is 5.91 Å². The number of nitrogens with two attached hydrogens (primary N) is 2. The van der Waals surface area contributed by atoms with Crippen molar-refractivity contribution >= 4 is 17.3 Å². The van der Waals surface area contributed by atoms with Crippen molar-refractivity contribution in [3.63, 3.8) is 0 Å². The van der Waals surface area contributed by atoms with E-state index in [-0.39, 0.29) is 0 Å². The third kappa shape index (κ3) is 3.42. The third-order valence-corrected chi connectivity index (χ3v) is 3.94. The molecule has 1 aliphatic rings. The van der Waals surface area contributed by atoms with Crippen molar-refractivity contribution in [2.24, 2.45) is 11.7 Å². The average Bonchev–Trinajstić information content (AvgIpc) is 2.85. The van der Waals surface area contributed by atoms with Gasteiger partial charge in [0.1, 0.15) is 0 Å². The van der Waals surface area contributed by atoms with Crippen molar-refractivity contribution in [2.75, 3.05) is 30.7 Å². The first-order valence-corrected chi connectivity index (χ1v) is 7.14. The Morgan fingerprint density at radius 3 is 2.85 bits per heavy atom. The molecule has 1 aromatic rings. The normalized spacial score (nSPS) is 19.4. The van der Waals surface area contributed by atoms with Gasteiger partial charge >= 0.3 is 0 Å². The summed E-state index contributed by atoms with van der Waals surface area (Å²) in [5, 5.41) is 3.33. The summed E-state index contributed by atoms with van der Waals surface area (Å²) >= 11 is 0. The highest BCUT2D eigenvalue weighted by Gasteiger charge is 2.24. The summed E-state index contributed by atoms with van der Waals surface area (Å²) < 4.78 is 0. The van der Waals surface area contributed by atoms with Crippen LogP contribution in [0.25, 0.3) is 0 Å². The summed E-state index contributed by atoms with van der Waals surface area (Å²) in [7, 11) is 0. The molecule has 1 unspecified atom stereocenters. The number of hydrogen-bond acceptors (Lipinski definition) is 4. The predicted octanol–water partition coefficient (Wildman–Crippen LogP) is 1.51. The second kappa shape index (κ2) is 6.13. The van der Waals surface area contributed by atoms with E-state index in [0.29, 0.717) is 23.2 Å². The number of likely N-dealkylation sites (tertiary alicyclic amines) is 1. The summed E-state index contributed by atoms with van der Waals surface area (Å²) in [4.78, 5) is 13.9. The van der Waals surface area contributed by atoms with Gasteiger partial charge in [0.05, 0.1) is 5.56 Å². The van der Waals surface area contributed by atoms with Crippen LogP contribution < -0.4 is 16.8 Å². The van der Waals surface area contributed by atoms with E-state index in [4.69, 9.17) is 11.5 Å². The molecule has 0 radical (unpaired) electrons. The molecule has 5 heteroatoms. The Kier molecular flexibility index (Phi) is 4.49. The fraction of sp³-hybridized carbons (Fsp3) is 0.533. The molecule has 5 nitrogen and oxygen atoms in total. The lowest BCUT2D eigenvalue weighted by Gasteiger charge is -2.20. The molecular formula is C15H24N4O. The van der Waals surface area contributed by atoms with Crippen molar-refractivity contribution in [3.8, 4) is 0 Å². The van der Waals surface area contributed by atoms with Gasteiger partial charge in [0.2, 0.25) is 0 Å². The van der Waals surface area contributed by atoms with Gasteiger partial charge < -0.3 is 21.7 Å². The molecule has 0 aliphatic carbocycles. The SMILES string of the molecule is CC(C)N1CCC(CNc2cc(N)ccc2C(N)=O)C1. The molecule has 5 N–H and O–H groups in total. The topological polar surface area (TPSA) is 84.4 Å². The fourth-order valence-corrected chi connectivity index (χ4v) is 2.68. The first kappa shape index (κ1) is 14.7. The highest BCUT2D eigenvalue weighted by atomic mass is 16.1. The van der Waals surface area contributed by atoms with Gasteiger partial charge in [-0.25, -0.2) is 0 Å². The number of amides is 1. The van der Waals surface area contributed by atoms with Crippen molar-refractivity contribution in [1.29, 1.82) is 0 Å². The number of rotatable bonds is 5. The molecule has 0 saturated carbocycles. The van der Waals surface area contributed by atoms with Crippen LogP contribution in [0.1, 0.15) is 30.6 Å². The van der Waals surface area contributed by atoms with Crippen LogP contribution in [0.5, 0.6) is 0 Å². The standard InChI is InChI=1S/C15H24N4O/c1-10(2)19-6-5-11(9-19)8-18-14-7-12(16)3-4-13(14)15(17)20/h3-4,7,10-11,18H,5-6,8-9,16H2,1-2H3,(H2,17,20). The Labute approximate surface area is 120 Å². The van der Waals surface area contributed by atoms with Crippen LogP contribution in [0.4, 0.5) is 11.4 Å². The summed E-state index contributed by atoms with van der Waals surface area (Å²) in [5.41, 5.74) is 13.0. The summed E-state index contributed by atoms with van der Waals surface area (Å²) in [6.45, 7) is 7.52. The lowest BCUT2D eigenvalue weighted by atomic mass is 10.1. The zero-order valence-electron chi connectivity index (χ0n) is 12.2. The van der Waals surface area contributed by atoms with Gasteiger partial charge in [-0.2, -0.15) is 0 Å². The van der Waals surface area contributed by atoms with Gasteiger partial charge in [0.25, 0.3) is 5.91 Å². The van der Waals surface area contributed by atoms with E-state index in [9.17, 15) is 4.79 Å². The lowest BCUT2D eigenvalue weighted by Crippen LogP contribution is -2.29. The molecule has 0 aromatic heterocycles. The molecule has 0 bridgehead atoms. The van der Waals surface area contributed by atoms with E-state index in [2.05, 4.69) is 24.1 Å². The largest absolute Gasteiger partial charge is 0.399 e. The number of hydrogen-bond donors (Lipinski definition) is 3. The smallest absolute Gasteiger partial charge is 0.250 e. The molecule has 1 heterocycles. The van der Waals surface area contributed by atoms with Crippen LogP contribution in [-0.4, -0.2) is 36.5 Å². The number of nitrogens with one attached hydrogen (secondary N) is 1. The van der Waals surface area contributed by atoms with Crippen LogP contribution in [-0.2, 0) is 0 Å². The van der Waals surface area contributed by atoms with Crippen LogP contribution in [0, 0.1) is 5.92 Å². The van der Waals surface area contributed by atoms with Gasteiger partial charge in [0, 0.05) is 30.5 Å². The number of carbonyl (C=O) groups is 1. The zero-order chi connectivity index (χ0) is 14.7. The second-order valence-corrected chi connectivity index (χ2v) is 5.79. The van der Waals surface area contributed by atoms with E-state index in [1.807, 2.05) is 0 Å². The van der Waals surface area contributed by atoms with Crippen molar-refractivity contribution in [1.82, 2.24) is 4.90 Å². The summed E-state index contributed by atoms with van der Waals surface area (Å²) in [5.74, 6) is 0.169. The Morgan fingerprint density at radius 1 is 1.50 bits per heavy atom. The van der Waals surface area contributed by atoms with E-state index in [1.165, 1.54) is 6.42 Å². The van der Waals surface area contributed by atoms with Crippen LogP contribution >= 0.6 is 0 Å². The first-order valence-electron chi connectivity index (χ1n) is 7.14. The van der Waals surface area contributed by atoms with Gasteiger partial charge in [-0.15, -0.1) is 0 Å². The van der Waals surface area contributed by atoms with E-state index in [1.54, 1.807) is 18.2 Å². The first-order chi connectivity index (χ1) is 9.47. The highest BCUT2D eigenvalue weighted by molar-refractivity contribution is 5.99. The molecule has 2 rings (SSSR count). The average molecular weight is 276 g/mol.